The molecule has 0 aromatic heterocycles. The first-order valence-corrected chi connectivity index (χ1v) is 12.1. The predicted octanol–water partition coefficient (Wildman–Crippen LogP) is 5.22. The predicted molar refractivity (Wildman–Crippen MR) is 118 cm³/mol. The van der Waals surface area contributed by atoms with E-state index < -0.39 is 43.8 Å². The summed E-state index contributed by atoms with van der Waals surface area (Å²) in [4.78, 5) is 13.0. The average molecular weight is 471 g/mol. The van der Waals surface area contributed by atoms with Crippen molar-refractivity contribution >= 4 is 15.6 Å². The molecular weight excluding hydrogens is 449 g/mol. The Morgan fingerprint density at radius 1 is 0.727 bits per heavy atom. The van der Waals surface area contributed by atoms with Crippen LogP contribution in [0.2, 0.25) is 0 Å². The minimum Gasteiger partial charge on any atom is -0.289 e. The molecule has 0 spiro atoms. The molecule has 0 fully saturated rings. The van der Waals surface area contributed by atoms with Gasteiger partial charge in [-0.2, -0.15) is 13.2 Å². The number of fused-ring (bicyclic) bond motifs is 1. The van der Waals surface area contributed by atoms with Crippen molar-refractivity contribution in [3.8, 4) is 0 Å². The lowest BCUT2D eigenvalue weighted by molar-refractivity contribution is -0.178. The summed E-state index contributed by atoms with van der Waals surface area (Å²) in [6.45, 7) is 3.23. The molecule has 3 nitrogen and oxygen atoms in total. The number of benzene rings is 3. The van der Waals surface area contributed by atoms with E-state index in [2.05, 4.69) is 0 Å². The van der Waals surface area contributed by atoms with Crippen LogP contribution in [0.15, 0.2) is 83.8 Å². The van der Waals surface area contributed by atoms with E-state index >= 15 is 0 Å². The number of hydrogen-bond acceptors (Lipinski definition) is 3. The second-order valence-electron chi connectivity index (χ2n) is 9.11. The van der Waals surface area contributed by atoms with Crippen molar-refractivity contribution in [1.82, 2.24) is 0 Å². The largest absolute Gasteiger partial charge is 0.450 e. The van der Waals surface area contributed by atoms with Crippen molar-refractivity contribution in [1.29, 1.82) is 0 Å². The third-order valence-corrected chi connectivity index (χ3v) is 9.90. The molecule has 7 heteroatoms. The summed E-state index contributed by atoms with van der Waals surface area (Å²) in [5.74, 6) is -3.85. The van der Waals surface area contributed by atoms with Crippen LogP contribution in [0.1, 0.15) is 36.1 Å². The van der Waals surface area contributed by atoms with Gasteiger partial charge >= 0.3 is 6.18 Å². The molecule has 0 saturated carbocycles. The SMILES string of the molecule is CC12c3ccccc3C(C)(c3ccccc31)C(S(=O)(=O)c1ccccc1)C2C(=O)C(F)(F)F. The Labute approximate surface area is 190 Å². The van der Waals surface area contributed by atoms with Crippen LogP contribution >= 0.6 is 0 Å². The molecule has 33 heavy (non-hydrogen) atoms. The van der Waals surface area contributed by atoms with Crippen LogP contribution < -0.4 is 0 Å². The molecule has 3 aliphatic carbocycles. The molecule has 2 atom stereocenters. The summed E-state index contributed by atoms with van der Waals surface area (Å²) in [6.07, 6.45) is -5.18. The van der Waals surface area contributed by atoms with Gasteiger partial charge in [-0.05, 0) is 34.4 Å². The molecular formula is C26H21F3O3S. The van der Waals surface area contributed by atoms with Crippen molar-refractivity contribution < 1.29 is 26.4 Å². The second kappa shape index (κ2) is 6.79. The molecule has 2 unspecified atom stereocenters. The number of sulfone groups is 1. The van der Waals surface area contributed by atoms with Crippen LogP contribution in [0.5, 0.6) is 0 Å². The fraction of sp³-hybridized carbons (Fsp3) is 0.269. The van der Waals surface area contributed by atoms with Gasteiger partial charge in [-0.1, -0.05) is 80.6 Å². The number of carbonyl (C=O) groups is 1. The van der Waals surface area contributed by atoms with E-state index in [1.54, 1.807) is 68.4 Å². The lowest BCUT2D eigenvalue weighted by atomic mass is 9.45. The second-order valence-corrected chi connectivity index (χ2v) is 11.2. The van der Waals surface area contributed by atoms with Crippen molar-refractivity contribution in [2.45, 2.75) is 41.0 Å². The maximum absolute atomic E-state index is 14.1. The highest BCUT2D eigenvalue weighted by molar-refractivity contribution is 7.92. The third-order valence-electron chi connectivity index (χ3n) is 7.55. The molecule has 0 amide bonds. The fourth-order valence-electron chi connectivity index (χ4n) is 6.17. The van der Waals surface area contributed by atoms with Crippen LogP contribution in [0.3, 0.4) is 0 Å². The van der Waals surface area contributed by atoms with Crippen LogP contribution in [0.4, 0.5) is 13.2 Å². The molecule has 170 valence electrons. The summed E-state index contributed by atoms with van der Waals surface area (Å²) >= 11 is 0. The van der Waals surface area contributed by atoms with Crippen molar-refractivity contribution in [3.63, 3.8) is 0 Å². The van der Waals surface area contributed by atoms with Gasteiger partial charge in [-0.15, -0.1) is 0 Å². The third kappa shape index (κ3) is 2.69. The zero-order valence-electron chi connectivity index (χ0n) is 17.9. The molecule has 2 bridgehead atoms. The monoisotopic (exact) mass is 470 g/mol. The number of rotatable bonds is 3. The maximum Gasteiger partial charge on any atom is 0.450 e. The molecule has 3 aromatic rings. The van der Waals surface area contributed by atoms with Gasteiger partial charge in [0.25, 0.3) is 0 Å². The Bertz CT molecular complexity index is 1330. The maximum atomic E-state index is 14.1. The van der Waals surface area contributed by atoms with E-state index in [0.29, 0.717) is 22.3 Å². The first-order valence-electron chi connectivity index (χ1n) is 10.6. The molecule has 3 aliphatic rings. The Morgan fingerprint density at radius 3 is 1.55 bits per heavy atom. The first kappa shape index (κ1) is 21.9. The quantitative estimate of drug-likeness (QED) is 0.528. The Hall–Kier alpha value is -2.93. The lowest BCUT2D eigenvalue weighted by Crippen LogP contribution is -2.66. The number of halogens is 3. The standard InChI is InChI=1S/C26H21F3O3S/c1-24-17-12-6-8-14-19(17)25(2,20-15-9-7-13-18(20)24)23(21(24)22(30)26(27,28)29)33(31,32)16-10-4-3-5-11-16/h3-15,21,23H,1-2H3. The van der Waals surface area contributed by atoms with Crippen molar-refractivity contribution in [2.24, 2.45) is 5.92 Å². The van der Waals surface area contributed by atoms with E-state index in [1.165, 1.54) is 24.3 Å². The molecule has 0 N–H and O–H groups in total. The molecule has 3 aromatic carbocycles. The van der Waals surface area contributed by atoms with Gasteiger partial charge in [0.15, 0.2) is 9.84 Å². The zero-order chi connectivity index (χ0) is 23.8. The van der Waals surface area contributed by atoms with E-state index in [4.69, 9.17) is 0 Å². The number of carbonyl (C=O) groups excluding carboxylic acids is 1. The fourth-order valence-corrected chi connectivity index (χ4v) is 8.63. The molecule has 0 radical (unpaired) electrons. The topological polar surface area (TPSA) is 51.2 Å². The first-order chi connectivity index (χ1) is 15.5. The van der Waals surface area contributed by atoms with Crippen molar-refractivity contribution in [2.75, 3.05) is 0 Å². The number of Topliss-reactive ketones (excluding diaryl/α,β-unsaturated/α-hetero) is 1. The van der Waals surface area contributed by atoms with Crippen LogP contribution in [-0.2, 0) is 25.5 Å². The van der Waals surface area contributed by atoms with E-state index in [-0.39, 0.29) is 4.90 Å². The average Bonchev–Trinajstić information content (AvgIpc) is 2.80. The minimum absolute atomic E-state index is 0.0951. The van der Waals surface area contributed by atoms with Gasteiger partial charge in [-0.25, -0.2) is 8.42 Å². The van der Waals surface area contributed by atoms with Gasteiger partial charge in [0.05, 0.1) is 16.1 Å². The van der Waals surface area contributed by atoms with Gasteiger partial charge < -0.3 is 0 Å². The van der Waals surface area contributed by atoms with Gasteiger partial charge in [-0.3, -0.25) is 4.79 Å². The smallest absolute Gasteiger partial charge is 0.289 e. The lowest BCUT2D eigenvalue weighted by Gasteiger charge is -2.60. The van der Waals surface area contributed by atoms with Crippen LogP contribution in [-0.4, -0.2) is 25.6 Å². The summed E-state index contributed by atoms with van der Waals surface area (Å²) in [5, 5.41) is -1.63. The van der Waals surface area contributed by atoms with Gasteiger partial charge in [0, 0.05) is 10.8 Å². The molecule has 0 saturated heterocycles. The van der Waals surface area contributed by atoms with Gasteiger partial charge in [0.2, 0.25) is 5.78 Å². The summed E-state index contributed by atoms with van der Waals surface area (Å²) < 4.78 is 70.2. The number of ketones is 1. The Morgan fingerprint density at radius 2 is 1.12 bits per heavy atom. The highest BCUT2D eigenvalue weighted by Crippen LogP contribution is 2.64. The summed E-state index contributed by atoms with van der Waals surface area (Å²) in [6, 6.07) is 21.3. The zero-order valence-corrected chi connectivity index (χ0v) is 18.7. The Balaban J connectivity index is 1.95. The normalized spacial score (nSPS) is 28.2. The molecule has 0 aliphatic heterocycles. The summed E-state index contributed by atoms with van der Waals surface area (Å²) in [7, 11) is -4.35. The van der Waals surface area contributed by atoms with E-state index in [1.807, 2.05) is 0 Å². The summed E-state index contributed by atoms with van der Waals surface area (Å²) in [5.41, 5.74) is -0.416. The van der Waals surface area contributed by atoms with E-state index in [0.717, 1.165) is 0 Å². The van der Waals surface area contributed by atoms with Crippen molar-refractivity contribution in [3.05, 3.63) is 101 Å². The number of alkyl halides is 3. The van der Waals surface area contributed by atoms with E-state index in [9.17, 15) is 26.4 Å². The highest BCUT2D eigenvalue weighted by atomic mass is 32.2. The van der Waals surface area contributed by atoms with Gasteiger partial charge in [0.1, 0.15) is 0 Å². The Kier molecular flexibility index (Phi) is 4.51. The van der Waals surface area contributed by atoms with Crippen LogP contribution in [0.25, 0.3) is 0 Å². The molecule has 0 heterocycles. The minimum atomic E-state index is -5.18. The molecule has 6 rings (SSSR count). The van der Waals surface area contributed by atoms with Crippen LogP contribution in [0, 0.1) is 5.92 Å². The number of hydrogen-bond donors (Lipinski definition) is 0. The highest BCUT2D eigenvalue weighted by Gasteiger charge is 2.70.